The molecule has 0 aliphatic heterocycles. The van der Waals surface area contributed by atoms with Gasteiger partial charge in [-0.1, -0.05) is 0 Å². The molecule has 0 amide bonds. The van der Waals surface area contributed by atoms with Gasteiger partial charge in [0, 0.05) is 39.8 Å². The Hall–Kier alpha value is -4.29. The summed E-state index contributed by atoms with van der Waals surface area (Å²) >= 11 is 1.21. The maximum absolute atomic E-state index is 13.3. The molecule has 31 heavy (non-hydrogen) atoms. The number of benzene rings is 1. The summed E-state index contributed by atoms with van der Waals surface area (Å²) in [6, 6.07) is 10.7. The van der Waals surface area contributed by atoms with Crippen LogP contribution in [0.1, 0.15) is 5.56 Å². The van der Waals surface area contributed by atoms with Gasteiger partial charge in [0.05, 0.1) is 36.1 Å². The quantitative estimate of drug-likeness (QED) is 0.473. The number of ether oxygens (including phenoxy) is 1. The molecule has 8 nitrogen and oxygen atoms in total. The van der Waals surface area contributed by atoms with Crippen LogP contribution in [0.2, 0.25) is 0 Å². The molecule has 0 saturated heterocycles. The molecule has 0 radical (unpaired) electrons. The minimum absolute atomic E-state index is 0.368. The van der Waals surface area contributed by atoms with Crippen molar-refractivity contribution in [3.63, 3.8) is 0 Å². The molecule has 4 aromatic heterocycles. The largest absolute Gasteiger partial charge is 0.497 e. The van der Waals surface area contributed by atoms with Crippen LogP contribution in [-0.4, -0.2) is 26.6 Å². The Morgan fingerprint density at radius 1 is 1.13 bits per heavy atom. The number of nitrogens with zero attached hydrogens (tertiary/aromatic N) is 4. The van der Waals surface area contributed by atoms with Crippen molar-refractivity contribution in [2.24, 2.45) is 0 Å². The monoisotopic (exact) mass is 427 g/mol. The number of H-pyrrole nitrogens is 1. The first-order valence-electron chi connectivity index (χ1n) is 9.16. The number of hydrogen-bond donors (Lipinski definition) is 1. The van der Waals surface area contributed by atoms with E-state index in [9.17, 15) is 14.9 Å². The van der Waals surface area contributed by atoms with Crippen LogP contribution in [-0.2, 0) is 0 Å². The molecule has 1 aromatic carbocycles. The predicted octanol–water partition coefficient (Wildman–Crippen LogP) is 3.23. The molecule has 5 aromatic rings. The second kappa shape index (κ2) is 7.19. The third-order valence-corrected chi connectivity index (χ3v) is 6.12. The fourth-order valence-corrected chi connectivity index (χ4v) is 4.56. The minimum atomic E-state index is -0.570. The summed E-state index contributed by atoms with van der Waals surface area (Å²) in [5.41, 5.74) is 0.838. The van der Waals surface area contributed by atoms with Crippen LogP contribution in [0.4, 0.5) is 0 Å². The van der Waals surface area contributed by atoms with Crippen molar-refractivity contribution >= 4 is 32.3 Å². The van der Waals surface area contributed by atoms with Crippen LogP contribution in [0.3, 0.4) is 0 Å². The lowest BCUT2D eigenvalue weighted by Crippen LogP contribution is -2.33. The van der Waals surface area contributed by atoms with Crippen molar-refractivity contribution in [2.45, 2.75) is 0 Å². The van der Waals surface area contributed by atoms with E-state index >= 15 is 0 Å². The van der Waals surface area contributed by atoms with Crippen LogP contribution in [0.5, 0.6) is 5.75 Å². The maximum atomic E-state index is 13.3. The van der Waals surface area contributed by atoms with E-state index in [0.717, 1.165) is 4.57 Å². The zero-order valence-electron chi connectivity index (χ0n) is 16.1. The van der Waals surface area contributed by atoms with E-state index in [1.54, 1.807) is 56.0 Å². The van der Waals surface area contributed by atoms with Crippen LogP contribution in [0.25, 0.3) is 37.1 Å². The molecule has 9 heteroatoms. The normalized spacial score (nSPS) is 11.0. The summed E-state index contributed by atoms with van der Waals surface area (Å²) in [5, 5.41) is 10.9. The molecule has 1 N–H and O–H groups in total. The number of hydrogen-bond acceptors (Lipinski definition) is 7. The van der Waals surface area contributed by atoms with Gasteiger partial charge < -0.3 is 9.72 Å². The highest BCUT2D eigenvalue weighted by Gasteiger charge is 2.17. The van der Waals surface area contributed by atoms with Crippen molar-refractivity contribution in [1.29, 1.82) is 5.26 Å². The Kier molecular flexibility index (Phi) is 4.34. The Bertz CT molecular complexity index is 1640. The third-order valence-electron chi connectivity index (χ3n) is 4.97. The fraction of sp³-hybridized carbons (Fsp3) is 0.0455. The van der Waals surface area contributed by atoms with Gasteiger partial charge in [-0.25, -0.2) is 9.36 Å². The van der Waals surface area contributed by atoms with Crippen LogP contribution >= 0.6 is 11.3 Å². The van der Waals surface area contributed by atoms with Gasteiger partial charge >= 0.3 is 5.69 Å². The number of aromatic nitrogens is 4. The molecule has 0 saturated carbocycles. The number of nitrogens with one attached hydrogen (secondary N) is 1. The van der Waals surface area contributed by atoms with E-state index in [1.165, 1.54) is 17.5 Å². The molecule has 0 spiro atoms. The molecule has 0 aliphatic carbocycles. The lowest BCUT2D eigenvalue weighted by molar-refractivity contribution is 0.415. The summed E-state index contributed by atoms with van der Waals surface area (Å²) < 4.78 is 6.72. The van der Waals surface area contributed by atoms with Crippen LogP contribution < -0.4 is 16.0 Å². The van der Waals surface area contributed by atoms with Gasteiger partial charge in [0.2, 0.25) is 0 Å². The Balaban J connectivity index is 1.78. The average molecular weight is 427 g/mol. The molecule has 0 unspecified atom stereocenters. The highest BCUT2D eigenvalue weighted by molar-refractivity contribution is 7.22. The van der Waals surface area contributed by atoms with E-state index < -0.39 is 11.2 Å². The molecular weight excluding hydrogens is 414 g/mol. The molecule has 4 heterocycles. The van der Waals surface area contributed by atoms with Gasteiger partial charge in [0.25, 0.3) is 5.56 Å². The molecule has 0 aliphatic rings. The molecule has 150 valence electrons. The zero-order valence-corrected chi connectivity index (χ0v) is 16.9. The standard InChI is InChI=1S/C22H13N5O3S/c1-30-14-3-2-12(8-23)16(6-14)19-7-17-20(31-19)21(28)27(22(29)26-17)18-11-25-10-13-9-24-5-4-15(13)18/h2-7,9-11H,1H3,(H,26,29). The number of rotatable bonds is 3. The lowest BCUT2D eigenvalue weighted by Gasteiger charge is -2.07. The number of nitriles is 1. The first kappa shape index (κ1) is 18.7. The highest BCUT2D eigenvalue weighted by atomic mass is 32.1. The number of methoxy groups -OCH3 is 1. The zero-order chi connectivity index (χ0) is 21.5. The average Bonchev–Trinajstić information content (AvgIpc) is 3.23. The number of pyridine rings is 2. The van der Waals surface area contributed by atoms with Crippen molar-refractivity contribution < 1.29 is 4.74 Å². The lowest BCUT2D eigenvalue weighted by atomic mass is 10.1. The van der Waals surface area contributed by atoms with Crippen molar-refractivity contribution in [1.82, 2.24) is 19.5 Å². The van der Waals surface area contributed by atoms with Gasteiger partial charge in [-0.3, -0.25) is 14.8 Å². The van der Waals surface area contributed by atoms with E-state index in [0.29, 0.717) is 48.4 Å². The van der Waals surface area contributed by atoms with Crippen LogP contribution in [0, 0.1) is 11.3 Å². The van der Waals surface area contributed by atoms with Crippen LogP contribution in [0.15, 0.2) is 64.7 Å². The predicted molar refractivity (Wildman–Crippen MR) is 118 cm³/mol. The number of fused-ring (bicyclic) bond motifs is 2. The molecule has 0 fully saturated rings. The Labute approximate surface area is 178 Å². The molecular formula is C22H13N5O3S. The van der Waals surface area contributed by atoms with E-state index in [-0.39, 0.29) is 0 Å². The van der Waals surface area contributed by atoms with Gasteiger partial charge in [-0.05, 0) is 30.3 Å². The molecule has 0 bridgehead atoms. The van der Waals surface area contributed by atoms with Gasteiger partial charge in [0.15, 0.2) is 0 Å². The summed E-state index contributed by atoms with van der Waals surface area (Å²) in [6.07, 6.45) is 6.33. The highest BCUT2D eigenvalue weighted by Crippen LogP contribution is 2.35. The fourth-order valence-electron chi connectivity index (χ4n) is 3.49. The van der Waals surface area contributed by atoms with Crippen molar-refractivity contribution in [3.05, 3.63) is 81.5 Å². The summed E-state index contributed by atoms with van der Waals surface area (Å²) in [5.74, 6) is 0.591. The van der Waals surface area contributed by atoms with Gasteiger partial charge in [0.1, 0.15) is 10.4 Å². The maximum Gasteiger partial charge on any atom is 0.333 e. The Morgan fingerprint density at radius 2 is 1.97 bits per heavy atom. The minimum Gasteiger partial charge on any atom is -0.497 e. The molecule has 0 atom stereocenters. The SMILES string of the molecule is COc1ccc(C#N)c(-c2cc3[nH]c(=O)n(-c4cncc5cnccc45)c(=O)c3s2)c1. The summed E-state index contributed by atoms with van der Waals surface area (Å²) in [7, 11) is 1.54. The first-order chi connectivity index (χ1) is 15.1. The number of thiophene rings is 1. The first-order valence-corrected chi connectivity index (χ1v) is 9.98. The number of aromatic amines is 1. The smallest absolute Gasteiger partial charge is 0.333 e. The summed E-state index contributed by atoms with van der Waals surface area (Å²) in [4.78, 5) is 37.9. The second-order valence-corrected chi connectivity index (χ2v) is 7.76. The van der Waals surface area contributed by atoms with E-state index in [1.807, 2.05) is 0 Å². The topological polar surface area (TPSA) is 114 Å². The second-order valence-electron chi connectivity index (χ2n) is 6.70. The van der Waals surface area contributed by atoms with Crippen molar-refractivity contribution in [2.75, 3.05) is 7.11 Å². The van der Waals surface area contributed by atoms with Crippen molar-refractivity contribution in [3.8, 4) is 27.9 Å². The van der Waals surface area contributed by atoms with E-state index in [2.05, 4.69) is 21.0 Å². The third kappa shape index (κ3) is 2.97. The van der Waals surface area contributed by atoms with Gasteiger partial charge in [-0.2, -0.15) is 5.26 Å². The van der Waals surface area contributed by atoms with E-state index in [4.69, 9.17) is 4.74 Å². The van der Waals surface area contributed by atoms with Gasteiger partial charge in [-0.15, -0.1) is 11.3 Å². The molecule has 5 rings (SSSR count). The summed E-state index contributed by atoms with van der Waals surface area (Å²) in [6.45, 7) is 0. The Morgan fingerprint density at radius 3 is 2.77 bits per heavy atom.